The van der Waals surface area contributed by atoms with Crippen LogP contribution in [0.2, 0.25) is 0 Å². The first-order valence-electron chi connectivity index (χ1n) is 6.66. The normalized spacial score (nSPS) is 16.6. The number of hydrogen-bond donors (Lipinski definition) is 3. The second kappa shape index (κ2) is 5.28. The topological polar surface area (TPSA) is 91.4 Å². The van der Waals surface area contributed by atoms with Crippen LogP contribution >= 0.6 is 0 Å². The molecular formula is C14H20N2O4. The van der Waals surface area contributed by atoms with Crippen LogP contribution in [0.1, 0.15) is 51.4 Å². The highest BCUT2D eigenvalue weighted by atomic mass is 16.5. The van der Waals surface area contributed by atoms with Crippen molar-refractivity contribution in [2.75, 3.05) is 13.7 Å². The lowest BCUT2D eigenvalue weighted by Gasteiger charge is -2.40. The van der Waals surface area contributed by atoms with Crippen molar-refractivity contribution in [3.05, 3.63) is 22.5 Å². The van der Waals surface area contributed by atoms with Crippen LogP contribution in [0, 0.1) is 13.8 Å². The lowest BCUT2D eigenvalue weighted by atomic mass is 9.80. The van der Waals surface area contributed by atoms with Gasteiger partial charge in [0.2, 0.25) is 0 Å². The van der Waals surface area contributed by atoms with Gasteiger partial charge in [0.25, 0.3) is 5.91 Å². The molecular weight excluding hydrogens is 260 g/mol. The first-order valence-corrected chi connectivity index (χ1v) is 6.66. The Morgan fingerprint density at radius 1 is 1.40 bits per heavy atom. The molecule has 20 heavy (non-hydrogen) atoms. The molecule has 3 N–H and O–H groups in total. The van der Waals surface area contributed by atoms with Gasteiger partial charge in [-0.25, -0.2) is 4.79 Å². The van der Waals surface area contributed by atoms with Crippen LogP contribution < -0.4 is 5.32 Å². The van der Waals surface area contributed by atoms with E-state index in [-0.39, 0.29) is 17.2 Å². The van der Waals surface area contributed by atoms with Gasteiger partial charge in [0, 0.05) is 19.3 Å². The zero-order valence-corrected chi connectivity index (χ0v) is 12.0. The Kier molecular flexibility index (Phi) is 3.85. The maximum atomic E-state index is 12.2. The van der Waals surface area contributed by atoms with Crippen LogP contribution in [0.4, 0.5) is 0 Å². The lowest BCUT2D eigenvalue weighted by molar-refractivity contribution is -0.0679. The first kappa shape index (κ1) is 14.6. The Labute approximate surface area is 117 Å². The fraction of sp³-hybridized carbons (Fsp3) is 0.571. The zero-order valence-electron chi connectivity index (χ0n) is 12.0. The quantitative estimate of drug-likeness (QED) is 0.764. The number of hydrogen-bond acceptors (Lipinski definition) is 3. The van der Waals surface area contributed by atoms with Gasteiger partial charge in [-0.15, -0.1) is 0 Å². The van der Waals surface area contributed by atoms with Crippen molar-refractivity contribution in [1.82, 2.24) is 10.3 Å². The molecule has 6 nitrogen and oxygen atoms in total. The summed E-state index contributed by atoms with van der Waals surface area (Å²) < 4.78 is 5.45. The number of methoxy groups -OCH3 is 1. The molecule has 1 saturated carbocycles. The zero-order chi connectivity index (χ0) is 14.9. The van der Waals surface area contributed by atoms with Crippen molar-refractivity contribution in [3.63, 3.8) is 0 Å². The second-order valence-electron chi connectivity index (χ2n) is 5.35. The van der Waals surface area contributed by atoms with Crippen molar-refractivity contribution < 1.29 is 19.4 Å². The number of aromatic amines is 1. The van der Waals surface area contributed by atoms with Crippen molar-refractivity contribution >= 4 is 11.9 Å². The van der Waals surface area contributed by atoms with Crippen LogP contribution in [-0.4, -0.2) is 41.2 Å². The molecule has 0 saturated heterocycles. The number of carboxylic acids is 1. The summed E-state index contributed by atoms with van der Waals surface area (Å²) in [5.74, 6) is -1.32. The van der Waals surface area contributed by atoms with Crippen molar-refractivity contribution in [2.45, 2.75) is 38.7 Å². The summed E-state index contributed by atoms with van der Waals surface area (Å²) >= 11 is 0. The van der Waals surface area contributed by atoms with Gasteiger partial charge < -0.3 is 20.1 Å². The van der Waals surface area contributed by atoms with Gasteiger partial charge in [-0.05, 0) is 38.7 Å². The molecule has 2 rings (SSSR count). The van der Waals surface area contributed by atoms with E-state index in [1.807, 2.05) is 0 Å². The van der Waals surface area contributed by atoms with E-state index in [9.17, 15) is 9.59 Å². The third-order valence-corrected chi connectivity index (χ3v) is 4.15. The standard InChI is InChI=1S/C14H20N2O4/c1-8-10(9(2)16-11(8)13(18)19)12(17)15-7-14(20-3)5-4-6-14/h16H,4-7H2,1-3H3,(H,15,17)(H,18,19). The van der Waals surface area contributed by atoms with E-state index in [1.165, 1.54) is 0 Å². The summed E-state index contributed by atoms with van der Waals surface area (Å²) in [6.07, 6.45) is 2.99. The molecule has 1 aromatic rings. The van der Waals surface area contributed by atoms with E-state index in [2.05, 4.69) is 10.3 Å². The maximum Gasteiger partial charge on any atom is 0.352 e. The average Bonchev–Trinajstić information content (AvgIpc) is 2.64. The van der Waals surface area contributed by atoms with Crippen LogP contribution in [0.25, 0.3) is 0 Å². The minimum Gasteiger partial charge on any atom is -0.477 e. The van der Waals surface area contributed by atoms with Gasteiger partial charge >= 0.3 is 5.97 Å². The highest BCUT2D eigenvalue weighted by molar-refractivity contribution is 6.00. The number of carbonyl (C=O) groups excluding carboxylic acids is 1. The number of nitrogens with one attached hydrogen (secondary N) is 2. The monoisotopic (exact) mass is 280 g/mol. The molecule has 1 aromatic heterocycles. The number of aryl methyl sites for hydroxylation is 1. The number of carboxylic acid groups (broad SMARTS) is 1. The molecule has 0 unspecified atom stereocenters. The molecule has 1 aliphatic rings. The van der Waals surface area contributed by atoms with Crippen LogP contribution in [0.5, 0.6) is 0 Å². The van der Waals surface area contributed by atoms with Crippen molar-refractivity contribution in [1.29, 1.82) is 0 Å². The van der Waals surface area contributed by atoms with Crippen molar-refractivity contribution in [2.24, 2.45) is 0 Å². The number of ether oxygens (including phenoxy) is 1. The van der Waals surface area contributed by atoms with Gasteiger partial charge in [0.05, 0.1) is 11.2 Å². The third kappa shape index (κ3) is 2.43. The predicted octanol–water partition coefficient (Wildman–Crippen LogP) is 1.63. The molecule has 1 heterocycles. The van der Waals surface area contributed by atoms with Gasteiger partial charge in [0.1, 0.15) is 5.69 Å². The highest BCUT2D eigenvalue weighted by Crippen LogP contribution is 2.34. The van der Waals surface area contributed by atoms with Gasteiger partial charge in [-0.2, -0.15) is 0 Å². The molecule has 1 amide bonds. The Morgan fingerprint density at radius 3 is 2.45 bits per heavy atom. The lowest BCUT2D eigenvalue weighted by Crippen LogP contribution is -2.49. The van der Waals surface area contributed by atoms with E-state index in [1.54, 1.807) is 21.0 Å². The van der Waals surface area contributed by atoms with Gasteiger partial charge in [-0.3, -0.25) is 4.79 Å². The molecule has 0 atom stereocenters. The molecule has 0 radical (unpaired) electrons. The number of H-pyrrole nitrogens is 1. The summed E-state index contributed by atoms with van der Waals surface area (Å²) in [7, 11) is 1.65. The van der Waals surface area contributed by atoms with Crippen LogP contribution in [0.15, 0.2) is 0 Å². The van der Waals surface area contributed by atoms with E-state index in [4.69, 9.17) is 9.84 Å². The molecule has 110 valence electrons. The summed E-state index contributed by atoms with van der Waals surface area (Å²) in [6.45, 7) is 3.79. The number of rotatable bonds is 5. The van der Waals surface area contributed by atoms with E-state index in [0.717, 1.165) is 19.3 Å². The SMILES string of the molecule is COC1(CNC(=O)c2c(C)[nH]c(C(=O)O)c2C)CCC1. The molecule has 1 aliphatic carbocycles. The minimum atomic E-state index is -1.06. The summed E-state index contributed by atoms with van der Waals surface area (Å²) in [5.41, 5.74) is 1.26. The fourth-order valence-electron chi connectivity index (χ4n) is 2.66. The molecule has 0 aromatic carbocycles. The molecule has 1 fully saturated rings. The molecule has 0 spiro atoms. The van der Waals surface area contributed by atoms with Gasteiger partial charge in [-0.1, -0.05) is 0 Å². The second-order valence-corrected chi connectivity index (χ2v) is 5.35. The van der Waals surface area contributed by atoms with Crippen LogP contribution in [0.3, 0.4) is 0 Å². The Bertz CT molecular complexity index is 538. The summed E-state index contributed by atoms with van der Waals surface area (Å²) in [4.78, 5) is 26.0. The summed E-state index contributed by atoms with van der Waals surface area (Å²) in [5, 5.41) is 11.9. The van der Waals surface area contributed by atoms with Gasteiger partial charge in [0.15, 0.2) is 0 Å². The third-order valence-electron chi connectivity index (χ3n) is 4.15. The Hall–Kier alpha value is -1.82. The van der Waals surface area contributed by atoms with E-state index in [0.29, 0.717) is 23.4 Å². The van der Waals surface area contributed by atoms with E-state index < -0.39 is 5.97 Å². The fourth-order valence-corrected chi connectivity index (χ4v) is 2.66. The highest BCUT2D eigenvalue weighted by Gasteiger charge is 2.37. The number of aromatic nitrogens is 1. The first-order chi connectivity index (χ1) is 9.40. The molecule has 0 bridgehead atoms. The molecule has 0 aliphatic heterocycles. The predicted molar refractivity (Wildman–Crippen MR) is 73.2 cm³/mol. The molecule has 6 heteroatoms. The number of amides is 1. The minimum absolute atomic E-state index is 0.0674. The maximum absolute atomic E-state index is 12.2. The van der Waals surface area contributed by atoms with Crippen molar-refractivity contribution in [3.8, 4) is 0 Å². The smallest absolute Gasteiger partial charge is 0.352 e. The van der Waals surface area contributed by atoms with Crippen LogP contribution in [-0.2, 0) is 4.74 Å². The Morgan fingerprint density at radius 2 is 2.05 bits per heavy atom. The average molecular weight is 280 g/mol. The Balaban J connectivity index is 2.11. The summed E-state index contributed by atoms with van der Waals surface area (Å²) in [6, 6.07) is 0. The van der Waals surface area contributed by atoms with E-state index >= 15 is 0 Å². The number of carbonyl (C=O) groups is 2. The number of aromatic carboxylic acids is 1. The largest absolute Gasteiger partial charge is 0.477 e.